The molecular formula is C26H25NO4. The molecule has 5 nitrogen and oxygen atoms in total. The van der Waals surface area contributed by atoms with E-state index in [0.29, 0.717) is 12.5 Å². The summed E-state index contributed by atoms with van der Waals surface area (Å²) >= 11 is 0. The van der Waals surface area contributed by atoms with Crippen molar-refractivity contribution >= 4 is 16.9 Å². The lowest BCUT2D eigenvalue weighted by molar-refractivity contribution is -0.142. The van der Waals surface area contributed by atoms with E-state index >= 15 is 0 Å². The molecule has 0 aliphatic carbocycles. The largest absolute Gasteiger partial charge is 0.497 e. The number of rotatable bonds is 5. The van der Waals surface area contributed by atoms with Crippen LogP contribution in [0, 0.1) is 5.92 Å². The number of furan rings is 1. The average Bonchev–Trinajstić information content (AvgIpc) is 3.39. The van der Waals surface area contributed by atoms with Gasteiger partial charge >= 0.3 is 5.97 Å². The van der Waals surface area contributed by atoms with Gasteiger partial charge in [0, 0.05) is 52.7 Å². The van der Waals surface area contributed by atoms with Gasteiger partial charge in [-0.2, -0.15) is 0 Å². The first kappa shape index (κ1) is 19.5. The molecule has 3 heterocycles. The van der Waals surface area contributed by atoms with E-state index in [-0.39, 0.29) is 5.97 Å². The van der Waals surface area contributed by atoms with E-state index in [1.54, 1.807) is 7.11 Å². The van der Waals surface area contributed by atoms with E-state index in [1.807, 2.05) is 24.7 Å². The van der Waals surface area contributed by atoms with Crippen molar-refractivity contribution in [1.82, 2.24) is 4.57 Å². The van der Waals surface area contributed by atoms with Gasteiger partial charge in [-0.05, 0) is 36.6 Å². The van der Waals surface area contributed by atoms with Crippen LogP contribution in [-0.2, 0) is 22.5 Å². The molecule has 2 aromatic heterocycles. The number of fused-ring (bicyclic) bond motifs is 3. The molecule has 0 saturated heterocycles. The summed E-state index contributed by atoms with van der Waals surface area (Å²) in [7, 11) is 1.67. The molecule has 5 heteroatoms. The lowest BCUT2D eigenvalue weighted by Crippen LogP contribution is -2.23. The number of carbonyl (C=O) groups excluding carboxylic acids is 1. The van der Waals surface area contributed by atoms with E-state index in [4.69, 9.17) is 13.9 Å². The van der Waals surface area contributed by atoms with Gasteiger partial charge in [0.2, 0.25) is 0 Å². The molecule has 4 aromatic rings. The third kappa shape index (κ3) is 3.50. The first-order valence-corrected chi connectivity index (χ1v) is 10.6. The summed E-state index contributed by atoms with van der Waals surface area (Å²) < 4.78 is 18.8. The van der Waals surface area contributed by atoms with Gasteiger partial charge in [-0.25, -0.2) is 0 Å². The van der Waals surface area contributed by atoms with E-state index in [2.05, 4.69) is 41.0 Å². The Hall–Kier alpha value is -3.47. The van der Waals surface area contributed by atoms with Gasteiger partial charge in [0.15, 0.2) is 0 Å². The molecule has 1 aliphatic rings. The van der Waals surface area contributed by atoms with E-state index in [9.17, 15) is 4.79 Å². The highest BCUT2D eigenvalue weighted by atomic mass is 16.5. The van der Waals surface area contributed by atoms with Crippen LogP contribution in [0.15, 0.2) is 65.5 Å². The zero-order valence-corrected chi connectivity index (χ0v) is 17.8. The number of nitrogens with zero attached hydrogens (tertiary/aromatic N) is 1. The molecule has 5 rings (SSSR count). The summed E-state index contributed by atoms with van der Waals surface area (Å²) in [5.41, 5.74) is 6.96. The predicted molar refractivity (Wildman–Crippen MR) is 120 cm³/mol. The fraction of sp³-hybridized carbons (Fsp3) is 0.269. The van der Waals surface area contributed by atoms with Crippen molar-refractivity contribution in [2.75, 3.05) is 13.7 Å². The van der Waals surface area contributed by atoms with Crippen molar-refractivity contribution < 1.29 is 18.7 Å². The second-order valence-electron chi connectivity index (χ2n) is 8.08. The van der Waals surface area contributed by atoms with Crippen LogP contribution in [0.25, 0.3) is 33.2 Å². The first-order valence-electron chi connectivity index (χ1n) is 10.6. The van der Waals surface area contributed by atoms with Crippen LogP contribution < -0.4 is 4.74 Å². The molecule has 0 bridgehead atoms. The number of carbonyl (C=O) groups is 1. The fourth-order valence-electron chi connectivity index (χ4n) is 4.67. The minimum absolute atomic E-state index is 0.219. The monoisotopic (exact) mass is 415 g/mol. The molecular weight excluding hydrogens is 390 g/mol. The Balaban J connectivity index is 1.62. The van der Waals surface area contributed by atoms with Gasteiger partial charge in [0.25, 0.3) is 0 Å². The van der Waals surface area contributed by atoms with Crippen molar-refractivity contribution in [2.24, 2.45) is 5.92 Å². The molecule has 2 aromatic carbocycles. The van der Waals surface area contributed by atoms with Gasteiger partial charge in [0.1, 0.15) is 5.75 Å². The zero-order valence-electron chi connectivity index (χ0n) is 17.8. The summed E-state index contributed by atoms with van der Waals surface area (Å²) in [5, 5.41) is 1.22. The highest BCUT2D eigenvalue weighted by molar-refractivity contribution is 6.01. The molecule has 0 fully saturated rings. The van der Waals surface area contributed by atoms with Gasteiger partial charge < -0.3 is 18.5 Å². The van der Waals surface area contributed by atoms with E-state index < -0.39 is 0 Å². The van der Waals surface area contributed by atoms with E-state index in [1.165, 1.54) is 29.1 Å². The number of hydrogen-bond acceptors (Lipinski definition) is 4. The van der Waals surface area contributed by atoms with Gasteiger partial charge in [0.05, 0.1) is 26.2 Å². The minimum atomic E-state index is -0.219. The van der Waals surface area contributed by atoms with Crippen molar-refractivity contribution in [2.45, 2.75) is 26.3 Å². The Morgan fingerprint density at radius 2 is 1.87 bits per heavy atom. The van der Waals surface area contributed by atoms with Crippen LogP contribution in [0.1, 0.15) is 19.0 Å². The Labute approximate surface area is 181 Å². The molecule has 158 valence electrons. The Kier molecular flexibility index (Phi) is 5.02. The maximum Gasteiger partial charge on any atom is 0.302 e. The molecule has 0 spiro atoms. The highest BCUT2D eigenvalue weighted by Gasteiger charge is 2.28. The summed E-state index contributed by atoms with van der Waals surface area (Å²) in [6, 6.07) is 16.6. The standard InChI is InChI=1S/C26H25NO4/c1-17(28)31-14-18-11-12-27-24-6-4-3-5-21(24)26(25(27)13-18)23-16-30-15-22(23)19-7-9-20(29-2)10-8-19/h3-10,15-16,18H,11-14H2,1-2H3. The lowest BCUT2D eigenvalue weighted by atomic mass is 9.91. The van der Waals surface area contributed by atoms with Crippen molar-refractivity contribution in [3.8, 4) is 28.0 Å². The lowest BCUT2D eigenvalue weighted by Gasteiger charge is -2.25. The number of esters is 1. The molecule has 0 radical (unpaired) electrons. The SMILES string of the molecule is COc1ccc(-c2cocc2-c2c3n(c4ccccc24)CCC(COC(C)=O)C3)cc1. The Morgan fingerprint density at radius 1 is 1.10 bits per heavy atom. The van der Waals surface area contributed by atoms with Crippen LogP contribution in [0.3, 0.4) is 0 Å². The zero-order chi connectivity index (χ0) is 21.4. The molecule has 0 N–H and O–H groups in total. The molecule has 1 aliphatic heterocycles. The number of ether oxygens (including phenoxy) is 2. The third-order valence-electron chi connectivity index (χ3n) is 6.18. The first-order chi connectivity index (χ1) is 15.2. The van der Waals surface area contributed by atoms with Crippen molar-refractivity contribution in [3.63, 3.8) is 0 Å². The topological polar surface area (TPSA) is 53.6 Å². The summed E-state index contributed by atoms with van der Waals surface area (Å²) in [6.07, 6.45) is 5.52. The van der Waals surface area contributed by atoms with Crippen molar-refractivity contribution in [1.29, 1.82) is 0 Å². The maximum atomic E-state index is 11.3. The summed E-state index contributed by atoms with van der Waals surface area (Å²) in [5.74, 6) is 0.924. The molecule has 31 heavy (non-hydrogen) atoms. The number of para-hydroxylation sites is 1. The third-order valence-corrected chi connectivity index (χ3v) is 6.18. The molecule has 1 atom stereocenters. The van der Waals surface area contributed by atoms with Crippen LogP contribution in [0.4, 0.5) is 0 Å². The van der Waals surface area contributed by atoms with Crippen LogP contribution in [0.5, 0.6) is 5.75 Å². The number of hydrogen-bond donors (Lipinski definition) is 0. The molecule has 0 saturated carbocycles. The van der Waals surface area contributed by atoms with Gasteiger partial charge in [-0.3, -0.25) is 4.79 Å². The number of aryl methyl sites for hydroxylation is 1. The highest BCUT2D eigenvalue weighted by Crippen LogP contribution is 2.43. The second-order valence-corrected chi connectivity index (χ2v) is 8.08. The fourth-order valence-corrected chi connectivity index (χ4v) is 4.67. The maximum absolute atomic E-state index is 11.3. The smallest absolute Gasteiger partial charge is 0.302 e. The summed E-state index contributed by atoms with van der Waals surface area (Å²) in [4.78, 5) is 11.3. The number of methoxy groups -OCH3 is 1. The van der Waals surface area contributed by atoms with Crippen LogP contribution in [-0.4, -0.2) is 24.3 Å². The van der Waals surface area contributed by atoms with Gasteiger partial charge in [-0.15, -0.1) is 0 Å². The van der Waals surface area contributed by atoms with Crippen LogP contribution >= 0.6 is 0 Å². The minimum Gasteiger partial charge on any atom is -0.497 e. The van der Waals surface area contributed by atoms with E-state index in [0.717, 1.165) is 41.8 Å². The Morgan fingerprint density at radius 3 is 2.65 bits per heavy atom. The quantitative estimate of drug-likeness (QED) is 0.392. The normalized spacial score (nSPS) is 15.6. The average molecular weight is 415 g/mol. The van der Waals surface area contributed by atoms with Crippen LogP contribution in [0.2, 0.25) is 0 Å². The molecule has 1 unspecified atom stereocenters. The van der Waals surface area contributed by atoms with Gasteiger partial charge in [-0.1, -0.05) is 30.3 Å². The number of aromatic nitrogens is 1. The predicted octanol–water partition coefficient (Wildman–Crippen LogP) is 5.70. The Bertz CT molecular complexity index is 1230. The van der Waals surface area contributed by atoms with Crippen molar-refractivity contribution in [3.05, 3.63) is 66.8 Å². The summed E-state index contributed by atoms with van der Waals surface area (Å²) in [6.45, 7) is 2.85. The second kappa shape index (κ2) is 7.99. The molecule has 0 amide bonds. The number of benzene rings is 2.